The molecule has 3 aromatic rings. The van der Waals surface area contributed by atoms with E-state index < -0.39 is 6.04 Å². The number of rotatable bonds is 10. The maximum Gasteiger partial charge on any atom is 0.255 e. The van der Waals surface area contributed by atoms with Crippen molar-refractivity contribution in [2.75, 3.05) is 19.8 Å². The summed E-state index contributed by atoms with van der Waals surface area (Å²) in [6.07, 6.45) is 0.633. The summed E-state index contributed by atoms with van der Waals surface area (Å²) in [7, 11) is 0. The van der Waals surface area contributed by atoms with E-state index in [1.807, 2.05) is 86.6 Å². The number of carbonyl (C=O) groups excluding carboxylic acids is 2. The van der Waals surface area contributed by atoms with Gasteiger partial charge >= 0.3 is 0 Å². The van der Waals surface area contributed by atoms with Gasteiger partial charge in [0.2, 0.25) is 5.91 Å². The Kier molecular flexibility index (Phi) is 7.48. The van der Waals surface area contributed by atoms with Crippen molar-refractivity contribution in [3.63, 3.8) is 0 Å². The van der Waals surface area contributed by atoms with Gasteiger partial charge in [0.15, 0.2) is 11.5 Å². The van der Waals surface area contributed by atoms with Crippen molar-refractivity contribution in [3.8, 4) is 11.5 Å². The van der Waals surface area contributed by atoms with Gasteiger partial charge in [-0.2, -0.15) is 0 Å². The van der Waals surface area contributed by atoms with Crippen molar-refractivity contribution in [2.45, 2.75) is 32.9 Å². The van der Waals surface area contributed by atoms with Gasteiger partial charge in [0.25, 0.3) is 5.91 Å². The maximum absolute atomic E-state index is 13.4. The second-order valence-corrected chi connectivity index (χ2v) is 8.09. The molecule has 0 spiro atoms. The highest BCUT2D eigenvalue weighted by atomic mass is 16.5. The summed E-state index contributed by atoms with van der Waals surface area (Å²) in [5.41, 5.74) is 3.43. The molecule has 176 valence electrons. The topological polar surface area (TPSA) is 67.9 Å². The molecule has 6 heteroatoms. The Balaban J connectivity index is 1.47. The van der Waals surface area contributed by atoms with Crippen molar-refractivity contribution in [2.24, 2.45) is 0 Å². The quantitative estimate of drug-likeness (QED) is 0.484. The molecule has 6 nitrogen and oxygen atoms in total. The fourth-order valence-electron chi connectivity index (χ4n) is 4.27. The molecule has 3 aromatic carbocycles. The molecule has 0 fully saturated rings. The predicted molar refractivity (Wildman–Crippen MR) is 131 cm³/mol. The molecular weight excluding hydrogens is 428 g/mol. The van der Waals surface area contributed by atoms with Crippen LogP contribution >= 0.6 is 0 Å². The molecule has 0 radical (unpaired) electrons. The summed E-state index contributed by atoms with van der Waals surface area (Å²) in [5.74, 6) is 1.11. The highest BCUT2D eigenvalue weighted by molar-refractivity contribution is 6.01. The summed E-state index contributed by atoms with van der Waals surface area (Å²) in [4.78, 5) is 28.1. The number of nitrogens with zero attached hydrogens (tertiary/aromatic N) is 1. The fraction of sp³-hybridized carbons (Fsp3) is 0.286. The van der Waals surface area contributed by atoms with Crippen LogP contribution in [0.1, 0.15) is 46.9 Å². The summed E-state index contributed by atoms with van der Waals surface area (Å²) in [6.45, 7) is 5.84. The summed E-state index contributed by atoms with van der Waals surface area (Å²) >= 11 is 0. The average molecular weight is 459 g/mol. The van der Waals surface area contributed by atoms with E-state index in [1.54, 1.807) is 4.90 Å². The first-order valence-electron chi connectivity index (χ1n) is 11.7. The molecule has 4 rings (SSSR count). The zero-order valence-corrected chi connectivity index (χ0v) is 19.6. The SMILES string of the molecule is CCOc1ccc(CCNC(=O)C(c2ccccc2)N2Cc3ccccc3C2=O)cc1OCC. The number of fused-ring (bicyclic) bond motifs is 1. The Morgan fingerprint density at radius 1 is 0.941 bits per heavy atom. The van der Waals surface area contributed by atoms with Crippen molar-refractivity contribution in [1.29, 1.82) is 0 Å². The molecule has 1 aliphatic rings. The largest absolute Gasteiger partial charge is 0.490 e. The second-order valence-electron chi connectivity index (χ2n) is 8.09. The lowest BCUT2D eigenvalue weighted by atomic mass is 10.0. The van der Waals surface area contributed by atoms with E-state index in [1.165, 1.54) is 0 Å². The van der Waals surface area contributed by atoms with Crippen LogP contribution in [0.2, 0.25) is 0 Å². The van der Waals surface area contributed by atoms with E-state index in [9.17, 15) is 9.59 Å². The van der Waals surface area contributed by atoms with Crippen LogP contribution in [0.5, 0.6) is 11.5 Å². The zero-order valence-electron chi connectivity index (χ0n) is 19.6. The van der Waals surface area contributed by atoms with Gasteiger partial charge < -0.3 is 19.7 Å². The van der Waals surface area contributed by atoms with Gasteiger partial charge in [-0.15, -0.1) is 0 Å². The van der Waals surface area contributed by atoms with Crippen LogP contribution < -0.4 is 14.8 Å². The minimum atomic E-state index is -0.694. The molecule has 0 aliphatic carbocycles. The number of benzene rings is 3. The standard InChI is InChI=1S/C28H30N2O4/c1-3-33-24-15-14-20(18-25(24)34-4-2)16-17-29-27(31)26(21-10-6-5-7-11-21)30-19-22-12-8-9-13-23(22)28(30)32/h5-15,18,26H,3-4,16-17,19H2,1-2H3,(H,29,31). The normalized spacial score (nSPS) is 13.4. The minimum absolute atomic E-state index is 0.118. The minimum Gasteiger partial charge on any atom is -0.490 e. The smallest absolute Gasteiger partial charge is 0.255 e. The van der Waals surface area contributed by atoms with Crippen LogP contribution in [0.25, 0.3) is 0 Å². The monoisotopic (exact) mass is 458 g/mol. The van der Waals surface area contributed by atoms with Gasteiger partial charge in [0, 0.05) is 18.7 Å². The molecule has 34 heavy (non-hydrogen) atoms. The maximum atomic E-state index is 13.4. The molecule has 1 unspecified atom stereocenters. The van der Waals surface area contributed by atoms with Crippen LogP contribution in [-0.2, 0) is 17.8 Å². The molecular formula is C28H30N2O4. The van der Waals surface area contributed by atoms with Gasteiger partial charge in [-0.05, 0) is 55.2 Å². The number of ether oxygens (including phenoxy) is 2. The summed E-state index contributed by atoms with van der Waals surface area (Å²) in [6, 6.07) is 22.1. The van der Waals surface area contributed by atoms with Gasteiger partial charge in [-0.25, -0.2) is 0 Å². The average Bonchev–Trinajstić information content (AvgIpc) is 3.18. The molecule has 0 saturated heterocycles. The second kappa shape index (κ2) is 10.9. The Morgan fingerprint density at radius 2 is 1.65 bits per heavy atom. The van der Waals surface area contributed by atoms with Crippen LogP contribution in [0.3, 0.4) is 0 Å². The molecule has 1 heterocycles. The third-order valence-corrected chi connectivity index (χ3v) is 5.85. The van der Waals surface area contributed by atoms with Crippen LogP contribution in [-0.4, -0.2) is 36.5 Å². The third kappa shape index (κ3) is 5.06. The number of amides is 2. The fourth-order valence-corrected chi connectivity index (χ4v) is 4.27. The number of hydrogen-bond acceptors (Lipinski definition) is 4. The summed E-state index contributed by atoms with van der Waals surface area (Å²) < 4.78 is 11.3. The van der Waals surface area contributed by atoms with Crippen molar-refractivity contribution in [1.82, 2.24) is 10.2 Å². The third-order valence-electron chi connectivity index (χ3n) is 5.85. The van der Waals surface area contributed by atoms with Crippen molar-refractivity contribution < 1.29 is 19.1 Å². The molecule has 1 atom stereocenters. The molecule has 1 aliphatic heterocycles. The predicted octanol–water partition coefficient (Wildman–Crippen LogP) is 4.54. The van der Waals surface area contributed by atoms with Crippen LogP contribution in [0.15, 0.2) is 72.8 Å². The molecule has 1 N–H and O–H groups in total. The van der Waals surface area contributed by atoms with Crippen LogP contribution in [0, 0.1) is 0 Å². The van der Waals surface area contributed by atoms with E-state index >= 15 is 0 Å². The van der Waals surface area contributed by atoms with E-state index in [-0.39, 0.29) is 11.8 Å². The molecule has 2 amide bonds. The Labute approximate surface area is 200 Å². The number of hydrogen-bond donors (Lipinski definition) is 1. The Bertz CT molecular complexity index is 1150. The lowest BCUT2D eigenvalue weighted by Crippen LogP contribution is -2.41. The van der Waals surface area contributed by atoms with E-state index in [2.05, 4.69) is 5.32 Å². The highest BCUT2D eigenvalue weighted by Gasteiger charge is 2.37. The highest BCUT2D eigenvalue weighted by Crippen LogP contribution is 2.32. The van der Waals surface area contributed by atoms with E-state index in [0.29, 0.717) is 49.8 Å². The summed E-state index contributed by atoms with van der Waals surface area (Å²) in [5, 5.41) is 3.04. The first-order chi connectivity index (χ1) is 16.6. The Morgan fingerprint density at radius 3 is 2.38 bits per heavy atom. The van der Waals surface area contributed by atoms with Gasteiger partial charge in [-0.3, -0.25) is 9.59 Å². The van der Waals surface area contributed by atoms with Gasteiger partial charge in [-0.1, -0.05) is 54.6 Å². The molecule has 0 bridgehead atoms. The first kappa shape index (κ1) is 23.4. The lowest BCUT2D eigenvalue weighted by Gasteiger charge is -2.27. The Hall–Kier alpha value is -3.80. The first-order valence-corrected chi connectivity index (χ1v) is 11.7. The lowest BCUT2D eigenvalue weighted by molar-refractivity contribution is -0.125. The number of carbonyl (C=O) groups is 2. The van der Waals surface area contributed by atoms with Gasteiger partial charge in [0.05, 0.1) is 13.2 Å². The zero-order chi connectivity index (χ0) is 23.9. The van der Waals surface area contributed by atoms with Crippen molar-refractivity contribution >= 4 is 11.8 Å². The van der Waals surface area contributed by atoms with E-state index in [0.717, 1.165) is 16.7 Å². The molecule has 0 saturated carbocycles. The molecule has 0 aromatic heterocycles. The number of nitrogens with one attached hydrogen (secondary N) is 1. The van der Waals surface area contributed by atoms with Gasteiger partial charge in [0.1, 0.15) is 6.04 Å². The van der Waals surface area contributed by atoms with E-state index in [4.69, 9.17) is 9.47 Å². The van der Waals surface area contributed by atoms with Crippen molar-refractivity contribution in [3.05, 3.63) is 95.1 Å². The van der Waals surface area contributed by atoms with Crippen LogP contribution in [0.4, 0.5) is 0 Å².